The molecule has 0 saturated heterocycles. The third kappa shape index (κ3) is 9.03. The number of hydrogen-bond donors (Lipinski definition) is 2. The first-order valence-electron chi connectivity index (χ1n) is 5.99. The van der Waals surface area contributed by atoms with Crippen LogP contribution in [0.25, 0.3) is 0 Å². The number of ether oxygens (including phenoxy) is 1. The number of aliphatic carboxylic acids is 2. The van der Waals surface area contributed by atoms with E-state index in [2.05, 4.69) is 0 Å². The summed E-state index contributed by atoms with van der Waals surface area (Å²) in [6.45, 7) is 0.226. The molecule has 0 aliphatic rings. The number of likely N-dealkylation sites (N-methyl/N-ethyl adjacent to an activating group) is 1. The summed E-state index contributed by atoms with van der Waals surface area (Å²) in [5.41, 5.74) is 0. The van der Waals surface area contributed by atoms with Gasteiger partial charge in [-0.05, 0) is 0 Å². The summed E-state index contributed by atoms with van der Waals surface area (Å²) >= 11 is 0. The van der Waals surface area contributed by atoms with Gasteiger partial charge in [-0.15, -0.1) is 0 Å². The van der Waals surface area contributed by atoms with E-state index < -0.39 is 49.1 Å². The Morgan fingerprint density at radius 1 is 1.00 bits per heavy atom. The van der Waals surface area contributed by atoms with Crippen LogP contribution in [0.1, 0.15) is 19.3 Å². The number of quaternary nitrogens is 1. The quantitative estimate of drug-likeness (QED) is 0.334. The zero-order chi connectivity index (χ0) is 15.9. The molecular formula is C12H20NO7+. The van der Waals surface area contributed by atoms with Crippen LogP contribution in [-0.4, -0.2) is 72.2 Å². The largest absolute Gasteiger partial charge is 0.481 e. The molecule has 0 radical (unpaired) electrons. The number of carbonyl (C=O) groups is 4. The third-order valence-corrected chi connectivity index (χ3v) is 2.22. The van der Waals surface area contributed by atoms with E-state index in [1.165, 1.54) is 0 Å². The van der Waals surface area contributed by atoms with Crippen molar-refractivity contribution in [1.82, 2.24) is 0 Å². The number of hydrogen-bond acceptors (Lipinski definition) is 5. The fraction of sp³-hybridized carbons (Fsp3) is 0.667. The first-order chi connectivity index (χ1) is 9.01. The summed E-state index contributed by atoms with van der Waals surface area (Å²) in [5.74, 6) is -4.50. The minimum Gasteiger partial charge on any atom is -0.481 e. The summed E-state index contributed by atoms with van der Waals surface area (Å²) < 4.78 is 5.21. The van der Waals surface area contributed by atoms with Gasteiger partial charge in [0.2, 0.25) is 5.78 Å². The van der Waals surface area contributed by atoms with Crippen LogP contribution in [-0.2, 0) is 23.9 Å². The van der Waals surface area contributed by atoms with Crippen LogP contribution < -0.4 is 0 Å². The van der Waals surface area contributed by atoms with Crippen molar-refractivity contribution in [1.29, 1.82) is 0 Å². The van der Waals surface area contributed by atoms with Crippen LogP contribution in [0.3, 0.4) is 0 Å². The van der Waals surface area contributed by atoms with Gasteiger partial charge in [0, 0.05) is 6.42 Å². The van der Waals surface area contributed by atoms with Crippen LogP contribution in [0.15, 0.2) is 0 Å². The fourth-order valence-corrected chi connectivity index (χ4v) is 1.49. The van der Waals surface area contributed by atoms with Crippen molar-refractivity contribution in [3.05, 3.63) is 0 Å². The first kappa shape index (κ1) is 18.0. The molecule has 0 aromatic rings. The summed E-state index contributed by atoms with van der Waals surface area (Å²) in [7, 11) is 5.36. The van der Waals surface area contributed by atoms with Gasteiger partial charge in [-0.2, -0.15) is 0 Å². The zero-order valence-corrected chi connectivity index (χ0v) is 11.8. The SMILES string of the molecule is C[N+](C)(C)CC(CC(=O)O)OC(=O)C(=O)CCC(=O)O. The summed E-state index contributed by atoms with van der Waals surface area (Å²) in [5, 5.41) is 17.2. The van der Waals surface area contributed by atoms with Crippen molar-refractivity contribution in [2.45, 2.75) is 25.4 Å². The van der Waals surface area contributed by atoms with Gasteiger partial charge in [0.15, 0.2) is 6.10 Å². The normalized spacial score (nSPS) is 12.6. The second-order valence-electron chi connectivity index (χ2n) is 5.41. The Balaban J connectivity index is 4.55. The molecule has 0 rings (SSSR count). The van der Waals surface area contributed by atoms with Gasteiger partial charge in [-0.3, -0.25) is 14.4 Å². The highest BCUT2D eigenvalue weighted by Gasteiger charge is 2.27. The van der Waals surface area contributed by atoms with E-state index in [-0.39, 0.29) is 6.54 Å². The highest BCUT2D eigenvalue weighted by atomic mass is 16.5. The van der Waals surface area contributed by atoms with Gasteiger partial charge in [-0.1, -0.05) is 0 Å². The second kappa shape index (κ2) is 7.59. The van der Waals surface area contributed by atoms with Crippen LogP contribution in [0, 0.1) is 0 Å². The van der Waals surface area contributed by atoms with E-state index in [1.807, 2.05) is 0 Å². The summed E-state index contributed by atoms with van der Waals surface area (Å²) in [6, 6.07) is 0. The standard InChI is InChI=1S/C12H19NO7/c1-13(2,3)7-8(6-11(17)18)20-12(19)9(14)4-5-10(15)16/h8H,4-7H2,1-3H3,(H-,15,16,17,18)/p+1. The number of ketones is 1. The molecule has 8 heteroatoms. The average Bonchev–Trinajstić information content (AvgIpc) is 2.21. The van der Waals surface area contributed by atoms with Crippen molar-refractivity contribution < 1.29 is 38.6 Å². The maximum absolute atomic E-state index is 11.5. The van der Waals surface area contributed by atoms with Crippen molar-refractivity contribution in [3.63, 3.8) is 0 Å². The second-order valence-corrected chi connectivity index (χ2v) is 5.41. The fourth-order valence-electron chi connectivity index (χ4n) is 1.49. The van der Waals surface area contributed by atoms with E-state index in [9.17, 15) is 19.2 Å². The zero-order valence-electron chi connectivity index (χ0n) is 11.8. The molecule has 114 valence electrons. The van der Waals surface area contributed by atoms with Crippen molar-refractivity contribution in [2.75, 3.05) is 27.7 Å². The van der Waals surface area contributed by atoms with Crippen LogP contribution in [0.4, 0.5) is 0 Å². The Hall–Kier alpha value is -1.96. The molecule has 0 aliphatic heterocycles. The maximum Gasteiger partial charge on any atom is 0.375 e. The van der Waals surface area contributed by atoms with Gasteiger partial charge in [0.1, 0.15) is 6.54 Å². The predicted octanol–water partition coefficient (Wildman–Crippen LogP) is -0.487. The van der Waals surface area contributed by atoms with Crippen molar-refractivity contribution in [3.8, 4) is 0 Å². The van der Waals surface area contributed by atoms with Crippen molar-refractivity contribution >= 4 is 23.7 Å². The molecule has 0 spiro atoms. The van der Waals surface area contributed by atoms with E-state index in [0.29, 0.717) is 4.48 Å². The Morgan fingerprint density at radius 3 is 1.95 bits per heavy atom. The molecule has 1 unspecified atom stereocenters. The van der Waals surface area contributed by atoms with E-state index in [1.54, 1.807) is 21.1 Å². The van der Waals surface area contributed by atoms with Gasteiger partial charge < -0.3 is 19.4 Å². The molecule has 0 bridgehead atoms. The van der Waals surface area contributed by atoms with Gasteiger partial charge in [0.25, 0.3) is 0 Å². The molecule has 20 heavy (non-hydrogen) atoms. The smallest absolute Gasteiger partial charge is 0.375 e. The monoisotopic (exact) mass is 290 g/mol. The topological polar surface area (TPSA) is 118 Å². The minimum atomic E-state index is -1.19. The lowest BCUT2D eigenvalue weighted by Gasteiger charge is -2.28. The lowest BCUT2D eigenvalue weighted by molar-refractivity contribution is -0.873. The lowest BCUT2D eigenvalue weighted by Crippen LogP contribution is -2.44. The number of esters is 1. The highest BCUT2D eigenvalue weighted by Crippen LogP contribution is 2.07. The third-order valence-electron chi connectivity index (χ3n) is 2.22. The number of nitrogens with zero attached hydrogens (tertiary/aromatic N) is 1. The molecule has 1 atom stereocenters. The molecule has 0 heterocycles. The summed E-state index contributed by atoms with van der Waals surface area (Å²) in [6.07, 6.45) is -2.27. The molecular weight excluding hydrogens is 270 g/mol. The van der Waals surface area contributed by atoms with Crippen LogP contribution in [0.5, 0.6) is 0 Å². The Bertz CT molecular complexity index is 397. The number of Topliss-reactive ketones (excluding diaryl/α,β-unsaturated/α-hetero) is 1. The number of rotatable bonds is 9. The van der Waals surface area contributed by atoms with Crippen molar-refractivity contribution in [2.24, 2.45) is 0 Å². The molecule has 8 nitrogen and oxygen atoms in total. The van der Waals surface area contributed by atoms with Crippen LogP contribution >= 0.6 is 0 Å². The molecule has 0 saturated carbocycles. The Labute approximate surface area is 116 Å². The summed E-state index contributed by atoms with van der Waals surface area (Å²) in [4.78, 5) is 43.8. The van der Waals surface area contributed by atoms with Crippen LogP contribution in [0.2, 0.25) is 0 Å². The van der Waals surface area contributed by atoms with Gasteiger partial charge in [-0.25, -0.2) is 4.79 Å². The lowest BCUT2D eigenvalue weighted by atomic mass is 10.2. The molecule has 0 fully saturated rings. The Kier molecular flexibility index (Phi) is 6.84. The number of carboxylic acids is 2. The van der Waals surface area contributed by atoms with Gasteiger partial charge in [0.05, 0.1) is 34.0 Å². The predicted molar refractivity (Wildman–Crippen MR) is 66.9 cm³/mol. The number of carbonyl (C=O) groups excluding carboxylic acids is 2. The first-order valence-corrected chi connectivity index (χ1v) is 5.99. The van der Waals surface area contributed by atoms with E-state index >= 15 is 0 Å². The molecule has 0 aliphatic carbocycles. The molecule has 0 aromatic carbocycles. The average molecular weight is 290 g/mol. The molecule has 0 aromatic heterocycles. The maximum atomic E-state index is 11.5. The van der Waals surface area contributed by atoms with E-state index in [0.717, 1.165) is 0 Å². The van der Waals surface area contributed by atoms with Gasteiger partial charge >= 0.3 is 17.9 Å². The number of carboxylic acid groups (broad SMARTS) is 2. The Morgan fingerprint density at radius 2 is 1.55 bits per heavy atom. The highest BCUT2D eigenvalue weighted by molar-refractivity contribution is 6.33. The molecule has 0 amide bonds. The minimum absolute atomic E-state index is 0.226. The van der Waals surface area contributed by atoms with E-state index in [4.69, 9.17) is 14.9 Å². The molecule has 2 N–H and O–H groups in total.